The van der Waals surface area contributed by atoms with Crippen LogP contribution in [0.4, 0.5) is 0 Å². The van der Waals surface area contributed by atoms with E-state index in [1.165, 1.54) is 21.6 Å². The number of benzene rings is 3. The lowest BCUT2D eigenvalue weighted by molar-refractivity contribution is -1.03. The summed E-state index contributed by atoms with van der Waals surface area (Å²) in [7, 11) is 0. The lowest BCUT2D eigenvalue weighted by atomic mass is 10.0. The number of quaternary nitrogens is 2. The Bertz CT molecular complexity index is 1090. The van der Waals surface area contributed by atoms with Gasteiger partial charge in [0.05, 0.1) is 6.54 Å². The van der Waals surface area contributed by atoms with Gasteiger partial charge in [-0.1, -0.05) is 91.0 Å². The van der Waals surface area contributed by atoms with Gasteiger partial charge < -0.3 is 9.80 Å². The summed E-state index contributed by atoms with van der Waals surface area (Å²) in [4.78, 5) is 3.19. The number of nitrogens with zero attached hydrogens (tertiary/aromatic N) is 4. The molecule has 1 aliphatic rings. The number of nitrogens with one attached hydrogen (secondary N) is 2. The Morgan fingerprint density at radius 3 is 1.97 bits per heavy atom. The smallest absolute Gasteiger partial charge is 0.214 e. The van der Waals surface area contributed by atoms with Gasteiger partial charge in [0.2, 0.25) is 5.82 Å². The molecule has 0 spiro atoms. The van der Waals surface area contributed by atoms with Crippen LogP contribution < -0.4 is 9.80 Å². The number of piperazine rings is 1. The third-order valence-corrected chi connectivity index (χ3v) is 6.43. The summed E-state index contributed by atoms with van der Waals surface area (Å²) in [6, 6.07) is 32.1. The van der Waals surface area contributed by atoms with Gasteiger partial charge in [-0.2, -0.15) is 0 Å². The van der Waals surface area contributed by atoms with E-state index in [1.54, 1.807) is 4.90 Å². The maximum atomic E-state index is 4.53. The Morgan fingerprint density at radius 1 is 0.719 bits per heavy atom. The summed E-state index contributed by atoms with van der Waals surface area (Å²) in [5, 5.41) is 13.0. The van der Waals surface area contributed by atoms with Gasteiger partial charge in [-0.3, -0.25) is 0 Å². The van der Waals surface area contributed by atoms with E-state index < -0.39 is 0 Å². The Kier molecular flexibility index (Phi) is 6.32. The van der Waals surface area contributed by atoms with Gasteiger partial charge in [-0.15, -0.1) is 5.10 Å². The molecule has 0 aliphatic carbocycles. The van der Waals surface area contributed by atoms with Crippen molar-refractivity contribution >= 4 is 0 Å². The van der Waals surface area contributed by atoms with Crippen molar-refractivity contribution in [1.29, 1.82) is 0 Å². The zero-order chi connectivity index (χ0) is 21.6. The Morgan fingerprint density at radius 2 is 1.31 bits per heavy atom. The molecule has 1 aromatic heterocycles. The molecule has 32 heavy (non-hydrogen) atoms. The van der Waals surface area contributed by atoms with Crippen molar-refractivity contribution in [3.8, 4) is 0 Å². The molecule has 2 heterocycles. The zero-order valence-electron chi connectivity index (χ0n) is 18.3. The third-order valence-electron chi connectivity index (χ3n) is 6.43. The van der Waals surface area contributed by atoms with Gasteiger partial charge >= 0.3 is 0 Å². The Hall–Kier alpha value is -3.35. The first-order valence-electron chi connectivity index (χ1n) is 11.4. The van der Waals surface area contributed by atoms with Gasteiger partial charge in [-0.25, -0.2) is 4.68 Å². The first-order chi connectivity index (χ1) is 15.9. The van der Waals surface area contributed by atoms with Crippen LogP contribution in [-0.4, -0.2) is 46.4 Å². The molecule has 1 aliphatic heterocycles. The molecular weight excluding hydrogens is 396 g/mol. The second kappa shape index (κ2) is 9.85. The monoisotopic (exact) mass is 426 g/mol. The molecule has 0 radical (unpaired) electrons. The van der Waals surface area contributed by atoms with E-state index in [-0.39, 0.29) is 6.04 Å². The molecule has 0 amide bonds. The predicted molar refractivity (Wildman–Crippen MR) is 123 cm³/mol. The first-order valence-corrected chi connectivity index (χ1v) is 11.4. The fourth-order valence-corrected chi connectivity index (χ4v) is 4.77. The van der Waals surface area contributed by atoms with Gasteiger partial charge in [0.15, 0.2) is 6.04 Å². The third kappa shape index (κ3) is 4.77. The molecule has 162 valence electrons. The Balaban J connectivity index is 1.36. The highest BCUT2D eigenvalue weighted by Crippen LogP contribution is 2.17. The van der Waals surface area contributed by atoms with E-state index in [9.17, 15) is 0 Å². The molecule has 0 saturated carbocycles. The van der Waals surface area contributed by atoms with Crippen molar-refractivity contribution in [2.24, 2.45) is 0 Å². The van der Waals surface area contributed by atoms with Crippen LogP contribution >= 0.6 is 0 Å². The van der Waals surface area contributed by atoms with E-state index >= 15 is 0 Å². The number of hydrogen-bond acceptors (Lipinski definition) is 3. The fraction of sp³-hybridized carbons (Fsp3) is 0.269. The minimum Gasteiger partial charge on any atom is -0.322 e. The van der Waals surface area contributed by atoms with E-state index in [1.807, 2.05) is 10.7 Å². The molecule has 0 bridgehead atoms. The van der Waals surface area contributed by atoms with Crippen LogP contribution in [0.25, 0.3) is 0 Å². The number of aromatic nitrogens is 4. The topological polar surface area (TPSA) is 52.5 Å². The normalized spacial score (nSPS) is 19.5. The summed E-state index contributed by atoms with van der Waals surface area (Å²) >= 11 is 0. The van der Waals surface area contributed by atoms with Crippen LogP contribution in [0.3, 0.4) is 0 Å². The molecular formula is C26H30N6+2. The molecule has 0 unspecified atom stereocenters. The molecule has 5 rings (SSSR count). The molecule has 1 fully saturated rings. The quantitative estimate of drug-likeness (QED) is 0.460. The highest BCUT2D eigenvalue weighted by Gasteiger charge is 2.35. The fourth-order valence-electron chi connectivity index (χ4n) is 4.77. The number of rotatable bonds is 7. The standard InChI is InChI=1S/C26H28N6/c1-4-10-22(11-5-1)20-30-16-18-31(19-17-30)25(24-14-8-3-9-15-24)26-27-28-29-32(26)21-23-12-6-2-7-13-23/h1-15,25H,16-21H2/p+2/t25-/m1/s1. The van der Waals surface area contributed by atoms with Crippen molar-refractivity contribution < 1.29 is 9.80 Å². The van der Waals surface area contributed by atoms with Crippen LogP contribution in [0.1, 0.15) is 28.6 Å². The van der Waals surface area contributed by atoms with Crippen LogP contribution in [-0.2, 0) is 13.1 Å². The van der Waals surface area contributed by atoms with Crippen molar-refractivity contribution in [3.63, 3.8) is 0 Å². The highest BCUT2D eigenvalue weighted by molar-refractivity contribution is 5.23. The van der Waals surface area contributed by atoms with Crippen LogP contribution in [0.15, 0.2) is 91.0 Å². The van der Waals surface area contributed by atoms with Gasteiger partial charge in [0.1, 0.15) is 32.7 Å². The summed E-state index contributed by atoms with van der Waals surface area (Å²) < 4.78 is 1.98. The maximum absolute atomic E-state index is 4.53. The maximum Gasteiger partial charge on any atom is 0.214 e. The summed E-state index contributed by atoms with van der Waals surface area (Å²) in [6.07, 6.45) is 0. The lowest BCUT2D eigenvalue weighted by Gasteiger charge is -2.34. The van der Waals surface area contributed by atoms with Gasteiger partial charge in [0, 0.05) is 11.1 Å². The minimum absolute atomic E-state index is 0.133. The predicted octanol–water partition coefficient (Wildman–Crippen LogP) is 0.794. The van der Waals surface area contributed by atoms with E-state index in [4.69, 9.17) is 0 Å². The Labute approximate surface area is 189 Å². The average molecular weight is 427 g/mol. The summed E-state index contributed by atoms with van der Waals surface area (Å²) in [5.41, 5.74) is 3.90. The number of hydrogen-bond donors (Lipinski definition) is 2. The largest absolute Gasteiger partial charge is 0.322 e. The number of tetrazole rings is 1. The van der Waals surface area contributed by atoms with Crippen LogP contribution in [0.5, 0.6) is 0 Å². The average Bonchev–Trinajstić information content (AvgIpc) is 3.30. The summed E-state index contributed by atoms with van der Waals surface area (Å²) in [6.45, 7) is 6.27. The SMILES string of the molecule is c1ccc(Cn2nnnc2[C@@H](c2ccccc2)[NH+]2CC[NH+](Cc3ccccc3)CC2)cc1. The van der Waals surface area contributed by atoms with Crippen molar-refractivity contribution in [3.05, 3.63) is 114 Å². The highest BCUT2D eigenvalue weighted by atomic mass is 15.6. The van der Waals surface area contributed by atoms with Crippen LogP contribution in [0, 0.1) is 0 Å². The molecule has 4 aromatic rings. The van der Waals surface area contributed by atoms with Gasteiger partial charge in [0.25, 0.3) is 0 Å². The molecule has 1 atom stereocenters. The second-order valence-corrected chi connectivity index (χ2v) is 8.59. The molecule has 1 saturated heterocycles. The van der Waals surface area contributed by atoms with Crippen molar-refractivity contribution in [2.75, 3.05) is 26.2 Å². The van der Waals surface area contributed by atoms with Crippen LogP contribution in [0.2, 0.25) is 0 Å². The van der Waals surface area contributed by atoms with Crippen molar-refractivity contribution in [1.82, 2.24) is 20.2 Å². The molecule has 3 aromatic carbocycles. The first kappa shape index (κ1) is 20.5. The minimum atomic E-state index is 0.133. The second-order valence-electron chi connectivity index (χ2n) is 8.59. The van der Waals surface area contributed by atoms with Gasteiger partial charge in [-0.05, 0) is 16.0 Å². The van der Waals surface area contributed by atoms with E-state index in [2.05, 4.69) is 100 Å². The lowest BCUT2D eigenvalue weighted by Crippen LogP contribution is -3.27. The molecule has 6 heteroatoms. The molecule has 2 N–H and O–H groups in total. The molecule has 6 nitrogen and oxygen atoms in total. The van der Waals surface area contributed by atoms with E-state index in [0.717, 1.165) is 38.5 Å². The zero-order valence-corrected chi connectivity index (χ0v) is 18.3. The van der Waals surface area contributed by atoms with Crippen molar-refractivity contribution in [2.45, 2.75) is 19.1 Å². The van der Waals surface area contributed by atoms with E-state index in [0.29, 0.717) is 6.54 Å². The summed E-state index contributed by atoms with van der Waals surface area (Å²) in [5.74, 6) is 0.946.